The first-order valence-electron chi connectivity index (χ1n) is 5.28. The van der Waals surface area contributed by atoms with Gasteiger partial charge in [0.1, 0.15) is 0 Å². The fourth-order valence-electron chi connectivity index (χ4n) is 1.65. The number of halogens is 1. The van der Waals surface area contributed by atoms with Crippen molar-refractivity contribution < 1.29 is 5.11 Å². The monoisotopic (exact) mass is 358 g/mol. The summed E-state index contributed by atoms with van der Waals surface area (Å²) in [6, 6.07) is 7.32. The number of nitrogens with one attached hydrogen (secondary N) is 1. The quantitative estimate of drug-likeness (QED) is 0.793. The molecule has 2 rings (SSSR count). The van der Waals surface area contributed by atoms with Crippen LogP contribution in [0.4, 0.5) is 0 Å². The van der Waals surface area contributed by atoms with Crippen molar-refractivity contribution in [2.75, 3.05) is 0 Å². The number of hydrogen-bond acceptors (Lipinski definition) is 3. The summed E-state index contributed by atoms with van der Waals surface area (Å²) >= 11 is 1.87. The van der Waals surface area contributed by atoms with Crippen molar-refractivity contribution in [2.45, 2.75) is 13.2 Å². The Hall–Kier alpha value is -1.41. The van der Waals surface area contributed by atoms with Crippen molar-refractivity contribution in [3.63, 3.8) is 0 Å². The smallest absolute Gasteiger partial charge is 0.328 e. The summed E-state index contributed by atoms with van der Waals surface area (Å²) in [5.74, 6) is 0. The molecule has 2 N–H and O–H groups in total. The van der Waals surface area contributed by atoms with Gasteiger partial charge in [-0.05, 0) is 33.7 Å². The van der Waals surface area contributed by atoms with Gasteiger partial charge in [-0.15, -0.1) is 0 Å². The van der Waals surface area contributed by atoms with Gasteiger partial charge in [0, 0.05) is 6.20 Å². The standard InChI is InChI=1S/C12H11IN2O3/c13-10-6-15(12(18)14-11(10)17)5-8-3-1-2-4-9(8)7-16/h1-4,6,16H,5,7H2,(H,14,17,18). The van der Waals surface area contributed by atoms with Crippen LogP contribution in [0, 0.1) is 3.57 Å². The maximum absolute atomic E-state index is 11.6. The fraction of sp³-hybridized carbons (Fsp3) is 0.167. The predicted octanol–water partition coefficient (Wildman–Crippen LogP) is 0.682. The maximum atomic E-state index is 11.6. The van der Waals surface area contributed by atoms with Crippen molar-refractivity contribution >= 4 is 22.6 Å². The maximum Gasteiger partial charge on any atom is 0.328 e. The van der Waals surface area contributed by atoms with E-state index in [0.29, 0.717) is 10.1 Å². The molecule has 0 fully saturated rings. The van der Waals surface area contributed by atoms with Gasteiger partial charge in [0.2, 0.25) is 0 Å². The second-order valence-corrected chi connectivity index (χ2v) is 4.95. The molecular weight excluding hydrogens is 347 g/mol. The Labute approximate surface area is 116 Å². The summed E-state index contributed by atoms with van der Waals surface area (Å²) in [6.07, 6.45) is 1.51. The number of nitrogens with zero attached hydrogens (tertiary/aromatic N) is 1. The van der Waals surface area contributed by atoms with Crippen LogP contribution in [0.25, 0.3) is 0 Å². The average molecular weight is 358 g/mol. The molecule has 0 amide bonds. The van der Waals surface area contributed by atoms with Crippen molar-refractivity contribution in [1.82, 2.24) is 9.55 Å². The Kier molecular flexibility index (Phi) is 3.97. The lowest BCUT2D eigenvalue weighted by atomic mass is 10.1. The highest BCUT2D eigenvalue weighted by Gasteiger charge is 2.05. The molecule has 5 nitrogen and oxygen atoms in total. The molecule has 6 heteroatoms. The summed E-state index contributed by atoms with van der Waals surface area (Å²) < 4.78 is 1.87. The lowest BCUT2D eigenvalue weighted by Crippen LogP contribution is -2.31. The van der Waals surface area contributed by atoms with Crippen LogP contribution in [0.3, 0.4) is 0 Å². The SMILES string of the molecule is O=c1[nH]c(=O)n(Cc2ccccc2CO)cc1I. The van der Waals surface area contributed by atoms with E-state index in [0.717, 1.165) is 11.1 Å². The highest BCUT2D eigenvalue weighted by molar-refractivity contribution is 14.1. The molecule has 1 heterocycles. The molecule has 0 aliphatic rings. The molecule has 0 bridgehead atoms. The number of H-pyrrole nitrogens is 1. The Morgan fingerprint density at radius 3 is 2.56 bits per heavy atom. The summed E-state index contributed by atoms with van der Waals surface area (Å²) in [7, 11) is 0. The Morgan fingerprint density at radius 1 is 1.22 bits per heavy atom. The van der Waals surface area contributed by atoms with E-state index in [9.17, 15) is 14.7 Å². The van der Waals surface area contributed by atoms with Gasteiger partial charge in [-0.2, -0.15) is 0 Å². The third-order valence-corrected chi connectivity index (χ3v) is 3.37. The van der Waals surface area contributed by atoms with Gasteiger partial charge in [-0.25, -0.2) is 4.79 Å². The number of aliphatic hydroxyl groups excluding tert-OH is 1. The van der Waals surface area contributed by atoms with Crippen molar-refractivity contribution in [2.24, 2.45) is 0 Å². The van der Waals surface area contributed by atoms with Crippen LogP contribution in [0.2, 0.25) is 0 Å². The Balaban J connectivity index is 2.43. The number of aromatic amines is 1. The zero-order chi connectivity index (χ0) is 13.1. The molecule has 2 aromatic rings. The minimum atomic E-state index is -0.451. The third kappa shape index (κ3) is 2.70. The van der Waals surface area contributed by atoms with E-state index in [1.165, 1.54) is 10.8 Å². The average Bonchev–Trinajstić information content (AvgIpc) is 2.36. The number of aliphatic hydroxyl groups is 1. The van der Waals surface area contributed by atoms with Crippen LogP contribution in [0.1, 0.15) is 11.1 Å². The summed E-state index contributed by atoms with van der Waals surface area (Å²) in [5, 5.41) is 9.22. The third-order valence-electron chi connectivity index (χ3n) is 2.60. The van der Waals surface area contributed by atoms with Gasteiger partial charge in [0.05, 0.1) is 16.7 Å². The molecular formula is C12H11IN2O3. The van der Waals surface area contributed by atoms with Gasteiger partial charge in [-0.3, -0.25) is 14.3 Å². The van der Waals surface area contributed by atoms with E-state index in [2.05, 4.69) is 4.98 Å². The number of rotatable bonds is 3. The van der Waals surface area contributed by atoms with E-state index in [-0.39, 0.29) is 12.2 Å². The van der Waals surface area contributed by atoms with E-state index in [1.807, 2.05) is 40.8 Å². The van der Waals surface area contributed by atoms with Gasteiger partial charge in [0.25, 0.3) is 5.56 Å². The molecule has 0 aliphatic heterocycles. The van der Waals surface area contributed by atoms with Crippen molar-refractivity contribution in [3.8, 4) is 0 Å². The first-order chi connectivity index (χ1) is 8.61. The molecule has 0 spiro atoms. The Bertz CT molecular complexity index is 676. The van der Waals surface area contributed by atoms with Crippen LogP contribution in [-0.4, -0.2) is 14.7 Å². The van der Waals surface area contributed by atoms with Gasteiger partial charge >= 0.3 is 5.69 Å². The molecule has 0 saturated carbocycles. The molecule has 0 atom stereocenters. The van der Waals surface area contributed by atoms with Gasteiger partial charge < -0.3 is 5.11 Å². The second-order valence-electron chi connectivity index (χ2n) is 3.79. The zero-order valence-corrected chi connectivity index (χ0v) is 11.5. The van der Waals surface area contributed by atoms with Crippen LogP contribution in [0.15, 0.2) is 40.1 Å². The Morgan fingerprint density at radius 2 is 1.89 bits per heavy atom. The highest BCUT2D eigenvalue weighted by Crippen LogP contribution is 2.09. The molecule has 0 unspecified atom stereocenters. The molecule has 18 heavy (non-hydrogen) atoms. The highest BCUT2D eigenvalue weighted by atomic mass is 127. The summed E-state index contributed by atoms with van der Waals surface area (Å²) in [6.45, 7) is 0.244. The first kappa shape index (κ1) is 13.0. The fourth-order valence-corrected chi connectivity index (χ4v) is 2.12. The second kappa shape index (κ2) is 5.49. The lowest BCUT2D eigenvalue weighted by molar-refractivity contribution is 0.280. The van der Waals surface area contributed by atoms with Crippen molar-refractivity contribution in [1.29, 1.82) is 0 Å². The van der Waals surface area contributed by atoms with E-state index < -0.39 is 5.69 Å². The lowest BCUT2D eigenvalue weighted by Gasteiger charge is -2.09. The summed E-state index contributed by atoms with van der Waals surface area (Å²) in [4.78, 5) is 25.1. The zero-order valence-electron chi connectivity index (χ0n) is 9.39. The predicted molar refractivity (Wildman–Crippen MR) is 75.5 cm³/mol. The minimum absolute atomic E-state index is 0.0780. The number of benzene rings is 1. The largest absolute Gasteiger partial charge is 0.392 e. The minimum Gasteiger partial charge on any atom is -0.392 e. The number of hydrogen-bond donors (Lipinski definition) is 2. The normalized spacial score (nSPS) is 10.6. The molecule has 94 valence electrons. The van der Waals surface area contributed by atoms with Gasteiger partial charge in [0.15, 0.2) is 0 Å². The molecule has 0 saturated heterocycles. The molecule has 1 aromatic carbocycles. The van der Waals surface area contributed by atoms with E-state index >= 15 is 0 Å². The van der Waals surface area contributed by atoms with E-state index in [1.54, 1.807) is 6.07 Å². The van der Waals surface area contributed by atoms with Crippen LogP contribution >= 0.6 is 22.6 Å². The number of aromatic nitrogens is 2. The molecule has 0 radical (unpaired) electrons. The van der Waals surface area contributed by atoms with Crippen LogP contribution in [-0.2, 0) is 13.2 Å². The molecule has 1 aromatic heterocycles. The summed E-state index contributed by atoms with van der Waals surface area (Å²) in [5.41, 5.74) is 0.788. The van der Waals surface area contributed by atoms with Crippen LogP contribution in [0.5, 0.6) is 0 Å². The van der Waals surface area contributed by atoms with Gasteiger partial charge in [-0.1, -0.05) is 24.3 Å². The van der Waals surface area contributed by atoms with E-state index in [4.69, 9.17) is 0 Å². The van der Waals surface area contributed by atoms with Crippen LogP contribution < -0.4 is 11.2 Å². The topological polar surface area (TPSA) is 75.1 Å². The first-order valence-corrected chi connectivity index (χ1v) is 6.36. The molecule has 0 aliphatic carbocycles. The van der Waals surface area contributed by atoms with Crippen molar-refractivity contribution in [3.05, 3.63) is 66.0 Å².